The molecule has 1 aromatic carbocycles. The van der Waals surface area contributed by atoms with Gasteiger partial charge in [0.25, 0.3) is 5.91 Å². The number of primary amides is 1. The first-order chi connectivity index (χ1) is 16.9. The van der Waals surface area contributed by atoms with Gasteiger partial charge in [-0.1, -0.05) is 18.2 Å². The van der Waals surface area contributed by atoms with Crippen molar-refractivity contribution in [3.8, 4) is 11.6 Å². The number of amides is 1. The molecular formula is C26H31N5O4. The number of anilines is 1. The molecule has 3 aromatic rings. The molecule has 1 aliphatic heterocycles. The molecule has 184 valence electrons. The first-order valence-corrected chi connectivity index (χ1v) is 11.8. The molecule has 0 unspecified atom stereocenters. The number of piperidine rings is 1. The third kappa shape index (κ3) is 6.24. The average Bonchev–Trinajstić information content (AvgIpc) is 2.86. The number of ether oxygens (including phenoxy) is 1. The first kappa shape index (κ1) is 24.4. The number of nitrogens with two attached hydrogens (primary N) is 1. The molecule has 1 saturated heterocycles. The molecule has 0 saturated carbocycles. The number of aryl methyl sites for hydroxylation is 1. The molecule has 9 nitrogen and oxygen atoms in total. The molecule has 9 heteroatoms. The molecule has 0 spiro atoms. The van der Waals surface area contributed by atoms with E-state index in [0.717, 1.165) is 37.9 Å². The molecule has 0 bridgehead atoms. The summed E-state index contributed by atoms with van der Waals surface area (Å²) in [5.41, 5.74) is 9.11. The summed E-state index contributed by atoms with van der Waals surface area (Å²) in [4.78, 5) is 26.7. The third-order valence-electron chi connectivity index (χ3n) is 6.27. The largest absolute Gasteiger partial charge is 0.504 e. The number of aromatic nitrogens is 3. The fraction of sp³-hybridized carbons (Fsp3) is 0.385. The van der Waals surface area contributed by atoms with E-state index in [1.54, 1.807) is 13.1 Å². The van der Waals surface area contributed by atoms with Crippen molar-refractivity contribution < 1.29 is 19.7 Å². The number of carbonyl (C=O) groups is 1. The number of hydrogen-bond donors (Lipinski definition) is 3. The molecule has 0 atom stereocenters. The van der Waals surface area contributed by atoms with Crippen LogP contribution in [-0.2, 0) is 12.8 Å². The van der Waals surface area contributed by atoms with Crippen LogP contribution in [0.5, 0.6) is 11.6 Å². The van der Waals surface area contributed by atoms with Gasteiger partial charge in [-0.2, -0.15) is 0 Å². The summed E-state index contributed by atoms with van der Waals surface area (Å²) >= 11 is 0. The average molecular weight is 478 g/mol. The lowest BCUT2D eigenvalue weighted by atomic mass is 9.92. The SMILES string of the molecule is Cc1nc(CC2CCN(c3ccc(Cc4ccc(OCCO)nc4)cc3)CC2)nc(C(N)=O)c1O. The van der Waals surface area contributed by atoms with Gasteiger partial charge in [0.1, 0.15) is 12.4 Å². The second-order valence-electron chi connectivity index (χ2n) is 8.84. The van der Waals surface area contributed by atoms with Crippen molar-refractivity contribution in [2.24, 2.45) is 11.7 Å². The van der Waals surface area contributed by atoms with E-state index in [1.807, 2.05) is 12.1 Å². The van der Waals surface area contributed by atoms with E-state index in [9.17, 15) is 9.90 Å². The van der Waals surface area contributed by atoms with Crippen molar-refractivity contribution in [1.82, 2.24) is 15.0 Å². The van der Waals surface area contributed by atoms with Crippen LogP contribution < -0.4 is 15.4 Å². The number of aromatic hydroxyl groups is 1. The maximum Gasteiger partial charge on any atom is 0.271 e. The summed E-state index contributed by atoms with van der Waals surface area (Å²) in [6.07, 6.45) is 5.23. The maximum absolute atomic E-state index is 11.5. The zero-order chi connectivity index (χ0) is 24.8. The fourth-order valence-corrected chi connectivity index (χ4v) is 4.35. The Bertz CT molecular complexity index is 1140. The highest BCUT2D eigenvalue weighted by Crippen LogP contribution is 2.27. The van der Waals surface area contributed by atoms with Gasteiger partial charge < -0.3 is 25.6 Å². The van der Waals surface area contributed by atoms with Gasteiger partial charge in [0.05, 0.1) is 12.3 Å². The lowest BCUT2D eigenvalue weighted by Gasteiger charge is -2.33. The molecule has 4 N–H and O–H groups in total. The number of aliphatic hydroxyl groups is 1. The Kier molecular flexibility index (Phi) is 7.77. The minimum absolute atomic E-state index is 0.0300. The molecule has 0 radical (unpaired) electrons. The fourth-order valence-electron chi connectivity index (χ4n) is 4.35. The van der Waals surface area contributed by atoms with E-state index in [-0.39, 0.29) is 24.7 Å². The van der Waals surface area contributed by atoms with E-state index >= 15 is 0 Å². The number of carbonyl (C=O) groups excluding carboxylic acids is 1. The highest BCUT2D eigenvalue weighted by molar-refractivity contribution is 5.93. The van der Waals surface area contributed by atoms with Gasteiger partial charge in [0.15, 0.2) is 11.4 Å². The van der Waals surface area contributed by atoms with Gasteiger partial charge in [-0.15, -0.1) is 0 Å². The maximum atomic E-state index is 11.5. The molecule has 1 fully saturated rings. The van der Waals surface area contributed by atoms with Gasteiger partial charge >= 0.3 is 0 Å². The van der Waals surface area contributed by atoms with Crippen LogP contribution in [0.15, 0.2) is 42.6 Å². The summed E-state index contributed by atoms with van der Waals surface area (Å²) in [6.45, 7) is 3.73. The Hall–Kier alpha value is -3.72. The zero-order valence-electron chi connectivity index (χ0n) is 19.9. The van der Waals surface area contributed by atoms with Gasteiger partial charge in [0, 0.05) is 37.5 Å². The van der Waals surface area contributed by atoms with Gasteiger partial charge in [-0.25, -0.2) is 15.0 Å². The molecule has 2 aromatic heterocycles. The molecular weight excluding hydrogens is 446 g/mol. The topological polar surface area (TPSA) is 135 Å². The summed E-state index contributed by atoms with van der Waals surface area (Å²) in [6, 6.07) is 12.4. The van der Waals surface area contributed by atoms with E-state index < -0.39 is 5.91 Å². The van der Waals surface area contributed by atoms with E-state index in [0.29, 0.717) is 29.7 Å². The summed E-state index contributed by atoms with van der Waals surface area (Å²) in [7, 11) is 0. The van der Waals surface area contributed by atoms with Crippen molar-refractivity contribution in [1.29, 1.82) is 0 Å². The number of pyridine rings is 1. The monoisotopic (exact) mass is 477 g/mol. The van der Waals surface area contributed by atoms with Crippen LogP contribution in [0.4, 0.5) is 5.69 Å². The predicted molar refractivity (Wildman–Crippen MR) is 132 cm³/mol. The Morgan fingerprint density at radius 1 is 1.11 bits per heavy atom. The first-order valence-electron chi connectivity index (χ1n) is 11.8. The smallest absolute Gasteiger partial charge is 0.271 e. The Balaban J connectivity index is 1.30. The molecule has 4 rings (SSSR count). The van der Waals surface area contributed by atoms with Crippen LogP contribution in [0, 0.1) is 12.8 Å². The van der Waals surface area contributed by atoms with Crippen LogP contribution in [-0.4, -0.2) is 57.4 Å². The quantitative estimate of drug-likeness (QED) is 0.428. The number of benzene rings is 1. The van der Waals surface area contributed by atoms with Crippen molar-refractivity contribution >= 4 is 11.6 Å². The highest BCUT2D eigenvalue weighted by atomic mass is 16.5. The molecule has 3 heterocycles. The molecule has 35 heavy (non-hydrogen) atoms. The number of rotatable bonds is 9. The van der Waals surface area contributed by atoms with Crippen LogP contribution in [0.3, 0.4) is 0 Å². The minimum Gasteiger partial charge on any atom is -0.504 e. The van der Waals surface area contributed by atoms with Crippen LogP contribution in [0.1, 0.15) is 46.0 Å². The van der Waals surface area contributed by atoms with E-state index in [1.165, 1.54) is 11.3 Å². The third-order valence-corrected chi connectivity index (χ3v) is 6.27. The zero-order valence-corrected chi connectivity index (χ0v) is 19.9. The predicted octanol–water partition coefficient (Wildman–Crippen LogP) is 2.41. The van der Waals surface area contributed by atoms with Gasteiger partial charge in [-0.05, 0) is 55.4 Å². The highest BCUT2D eigenvalue weighted by Gasteiger charge is 2.22. The molecule has 0 aliphatic carbocycles. The Labute approximate surface area is 204 Å². The van der Waals surface area contributed by atoms with Crippen molar-refractivity contribution in [3.05, 3.63) is 70.9 Å². The van der Waals surface area contributed by atoms with Crippen molar-refractivity contribution in [2.45, 2.75) is 32.6 Å². The number of nitrogens with zero attached hydrogens (tertiary/aromatic N) is 4. The second-order valence-corrected chi connectivity index (χ2v) is 8.84. The molecule has 1 aliphatic rings. The van der Waals surface area contributed by atoms with E-state index in [4.69, 9.17) is 15.6 Å². The van der Waals surface area contributed by atoms with Crippen LogP contribution in [0.2, 0.25) is 0 Å². The standard InChI is InChI=1S/C26H31N5O4/c1-17-25(33)24(26(27)34)30-22(29-17)15-19-8-10-31(11-9-19)21-5-2-18(3-6-21)14-20-4-7-23(28-16-20)35-13-12-32/h2-7,16,19,32-33H,8-15H2,1H3,(H2,27,34). The van der Waals surface area contributed by atoms with Crippen LogP contribution in [0.25, 0.3) is 0 Å². The molecule has 1 amide bonds. The summed E-state index contributed by atoms with van der Waals surface area (Å²) < 4.78 is 5.31. The minimum atomic E-state index is -0.743. The second kappa shape index (κ2) is 11.1. The van der Waals surface area contributed by atoms with E-state index in [2.05, 4.69) is 44.1 Å². The van der Waals surface area contributed by atoms with Crippen LogP contribution >= 0.6 is 0 Å². The Morgan fingerprint density at radius 3 is 2.46 bits per heavy atom. The summed E-state index contributed by atoms with van der Waals surface area (Å²) in [5, 5.41) is 18.8. The number of hydrogen-bond acceptors (Lipinski definition) is 8. The van der Waals surface area contributed by atoms with Gasteiger partial charge in [0.2, 0.25) is 5.88 Å². The lowest BCUT2D eigenvalue weighted by molar-refractivity contribution is 0.0991. The normalized spacial score (nSPS) is 14.2. The Morgan fingerprint density at radius 2 is 1.83 bits per heavy atom. The van der Waals surface area contributed by atoms with Gasteiger partial charge in [-0.3, -0.25) is 4.79 Å². The lowest BCUT2D eigenvalue weighted by Crippen LogP contribution is -2.34. The van der Waals surface area contributed by atoms with Crippen molar-refractivity contribution in [3.63, 3.8) is 0 Å². The van der Waals surface area contributed by atoms with Crippen molar-refractivity contribution in [2.75, 3.05) is 31.2 Å². The number of aliphatic hydroxyl groups excluding tert-OH is 1. The summed E-state index contributed by atoms with van der Waals surface area (Å²) in [5.74, 6) is 0.501.